The molecule has 6 heteroatoms. The van der Waals surface area contributed by atoms with E-state index in [9.17, 15) is 4.79 Å². The number of benzene rings is 1. The number of carbonyl (C=O) groups excluding carboxylic acids is 1. The van der Waals surface area contributed by atoms with Gasteiger partial charge < -0.3 is 5.32 Å². The number of aryl methyl sites for hydroxylation is 3. The van der Waals surface area contributed by atoms with Crippen LogP contribution in [0.4, 0.5) is 5.82 Å². The van der Waals surface area contributed by atoms with Crippen molar-refractivity contribution in [2.45, 2.75) is 33.6 Å². The van der Waals surface area contributed by atoms with Gasteiger partial charge in [-0.05, 0) is 44.4 Å². The average Bonchev–Trinajstić information content (AvgIpc) is 3.19. The Morgan fingerprint density at radius 2 is 1.83 bits per heavy atom. The van der Waals surface area contributed by atoms with Crippen molar-refractivity contribution in [1.29, 1.82) is 0 Å². The quantitative estimate of drug-likeness (QED) is 0.557. The third-order valence-corrected chi connectivity index (χ3v) is 5.41. The number of fused-ring (bicyclic) bond motifs is 1. The zero-order valence-corrected chi connectivity index (χ0v) is 17.2. The molecular formula is C23H25N5O. The number of rotatable bonds is 5. The number of aromatic nitrogens is 4. The van der Waals surface area contributed by atoms with Crippen LogP contribution >= 0.6 is 0 Å². The van der Waals surface area contributed by atoms with Gasteiger partial charge in [0.05, 0.1) is 5.69 Å². The predicted octanol–water partition coefficient (Wildman–Crippen LogP) is 4.23. The van der Waals surface area contributed by atoms with Gasteiger partial charge in [-0.15, -0.1) is 0 Å². The lowest BCUT2D eigenvalue weighted by Gasteiger charge is -2.08. The number of nitrogens with one attached hydrogen (secondary N) is 1. The lowest BCUT2D eigenvalue weighted by Crippen LogP contribution is -2.15. The van der Waals surface area contributed by atoms with E-state index in [0.29, 0.717) is 18.7 Å². The van der Waals surface area contributed by atoms with Gasteiger partial charge in [0.25, 0.3) is 0 Å². The zero-order chi connectivity index (χ0) is 20.5. The van der Waals surface area contributed by atoms with E-state index >= 15 is 0 Å². The molecule has 0 aliphatic rings. The highest BCUT2D eigenvalue weighted by atomic mass is 16.1. The number of amides is 1. The second-order valence-electron chi connectivity index (χ2n) is 7.38. The minimum Gasteiger partial charge on any atom is -0.310 e. The van der Waals surface area contributed by atoms with Crippen LogP contribution in [0.2, 0.25) is 0 Å². The number of pyridine rings is 1. The van der Waals surface area contributed by atoms with E-state index in [-0.39, 0.29) is 5.91 Å². The summed E-state index contributed by atoms with van der Waals surface area (Å²) in [6.07, 6.45) is 2.99. The molecule has 29 heavy (non-hydrogen) atoms. The summed E-state index contributed by atoms with van der Waals surface area (Å²) in [6, 6.07) is 13.9. The molecule has 3 aromatic heterocycles. The van der Waals surface area contributed by atoms with Crippen molar-refractivity contribution in [3.63, 3.8) is 0 Å². The van der Waals surface area contributed by atoms with Crippen LogP contribution < -0.4 is 5.32 Å². The molecule has 0 aliphatic carbocycles. The van der Waals surface area contributed by atoms with Crippen LogP contribution in [-0.4, -0.2) is 25.1 Å². The van der Waals surface area contributed by atoms with Gasteiger partial charge >= 0.3 is 0 Å². The van der Waals surface area contributed by atoms with E-state index in [1.807, 2.05) is 85.6 Å². The normalized spacial score (nSPS) is 11.2. The van der Waals surface area contributed by atoms with Crippen molar-refractivity contribution in [2.75, 3.05) is 5.32 Å². The summed E-state index contributed by atoms with van der Waals surface area (Å²) in [5, 5.41) is 7.55. The summed E-state index contributed by atoms with van der Waals surface area (Å²) in [5.74, 6) is 0.674. The SMILES string of the molecule is Cc1nn(C)c(C)c1CCC(=O)Nc1c(-c2ccccc2)nc2c(C)cccn12. The Morgan fingerprint density at radius 3 is 2.52 bits per heavy atom. The first-order valence-electron chi connectivity index (χ1n) is 9.77. The molecule has 0 radical (unpaired) electrons. The smallest absolute Gasteiger partial charge is 0.225 e. The Hall–Kier alpha value is -3.41. The highest BCUT2D eigenvalue weighted by Crippen LogP contribution is 2.30. The monoisotopic (exact) mass is 387 g/mol. The summed E-state index contributed by atoms with van der Waals surface area (Å²) in [6.45, 7) is 6.05. The molecular weight excluding hydrogens is 362 g/mol. The van der Waals surface area contributed by atoms with Gasteiger partial charge in [-0.1, -0.05) is 36.4 Å². The molecule has 0 bridgehead atoms. The number of nitrogens with zero attached hydrogens (tertiary/aromatic N) is 4. The standard InChI is InChI=1S/C23H25N5O/c1-15-9-8-14-28-22(15)25-21(18-10-6-5-7-11-18)23(28)24-20(29)13-12-19-16(2)26-27(4)17(19)3/h5-11,14H,12-13H2,1-4H3,(H,24,29). The molecule has 1 aromatic carbocycles. The van der Waals surface area contributed by atoms with E-state index in [4.69, 9.17) is 4.98 Å². The molecule has 0 atom stereocenters. The van der Waals surface area contributed by atoms with E-state index < -0.39 is 0 Å². The summed E-state index contributed by atoms with van der Waals surface area (Å²) < 4.78 is 3.82. The van der Waals surface area contributed by atoms with Gasteiger partial charge in [0.2, 0.25) is 5.91 Å². The maximum absolute atomic E-state index is 12.8. The molecule has 4 aromatic rings. The van der Waals surface area contributed by atoms with Crippen molar-refractivity contribution in [2.24, 2.45) is 7.05 Å². The number of carbonyl (C=O) groups is 1. The minimum absolute atomic E-state index is 0.0341. The third kappa shape index (κ3) is 3.53. The van der Waals surface area contributed by atoms with Gasteiger partial charge in [-0.3, -0.25) is 13.9 Å². The summed E-state index contributed by atoms with van der Waals surface area (Å²) in [4.78, 5) is 17.7. The minimum atomic E-state index is -0.0341. The van der Waals surface area contributed by atoms with Crippen LogP contribution in [0.1, 0.15) is 28.9 Å². The molecule has 3 heterocycles. The van der Waals surface area contributed by atoms with Crippen molar-refractivity contribution in [1.82, 2.24) is 19.2 Å². The second-order valence-corrected chi connectivity index (χ2v) is 7.38. The van der Waals surface area contributed by atoms with Crippen molar-refractivity contribution < 1.29 is 4.79 Å². The van der Waals surface area contributed by atoms with Crippen LogP contribution in [0.3, 0.4) is 0 Å². The largest absolute Gasteiger partial charge is 0.310 e. The first-order valence-corrected chi connectivity index (χ1v) is 9.77. The molecule has 0 unspecified atom stereocenters. The zero-order valence-electron chi connectivity index (χ0n) is 17.2. The first-order chi connectivity index (χ1) is 14.0. The third-order valence-electron chi connectivity index (χ3n) is 5.41. The van der Waals surface area contributed by atoms with Gasteiger partial charge in [-0.2, -0.15) is 5.10 Å². The number of anilines is 1. The van der Waals surface area contributed by atoms with Crippen LogP contribution in [0.25, 0.3) is 16.9 Å². The van der Waals surface area contributed by atoms with E-state index in [1.165, 1.54) is 0 Å². The van der Waals surface area contributed by atoms with Crippen molar-refractivity contribution >= 4 is 17.4 Å². The molecule has 0 spiro atoms. The fourth-order valence-corrected chi connectivity index (χ4v) is 3.73. The lowest BCUT2D eigenvalue weighted by molar-refractivity contribution is -0.116. The van der Waals surface area contributed by atoms with Gasteiger partial charge in [0, 0.05) is 30.9 Å². The topological polar surface area (TPSA) is 64.2 Å². The summed E-state index contributed by atoms with van der Waals surface area (Å²) in [7, 11) is 1.93. The predicted molar refractivity (Wildman–Crippen MR) is 115 cm³/mol. The molecule has 0 fully saturated rings. The molecule has 0 aliphatic heterocycles. The lowest BCUT2D eigenvalue weighted by atomic mass is 10.1. The highest BCUT2D eigenvalue weighted by Gasteiger charge is 2.18. The molecule has 1 amide bonds. The van der Waals surface area contributed by atoms with Crippen molar-refractivity contribution in [3.8, 4) is 11.3 Å². The first kappa shape index (κ1) is 18.9. The van der Waals surface area contributed by atoms with Crippen LogP contribution in [0.15, 0.2) is 48.7 Å². The van der Waals surface area contributed by atoms with E-state index in [1.54, 1.807) is 0 Å². The fraction of sp³-hybridized carbons (Fsp3) is 0.261. The summed E-state index contributed by atoms with van der Waals surface area (Å²) in [5.41, 5.74) is 6.89. The van der Waals surface area contributed by atoms with E-state index in [0.717, 1.165) is 39.4 Å². The van der Waals surface area contributed by atoms with Crippen molar-refractivity contribution in [3.05, 3.63) is 71.2 Å². The fourth-order valence-electron chi connectivity index (χ4n) is 3.73. The maximum Gasteiger partial charge on any atom is 0.225 e. The Bertz CT molecular complexity index is 1190. The number of hydrogen-bond acceptors (Lipinski definition) is 3. The highest BCUT2D eigenvalue weighted by molar-refractivity contribution is 5.94. The molecule has 0 saturated heterocycles. The maximum atomic E-state index is 12.8. The van der Waals surface area contributed by atoms with Crippen LogP contribution in [0, 0.1) is 20.8 Å². The van der Waals surface area contributed by atoms with Gasteiger partial charge in [0.1, 0.15) is 17.2 Å². The Morgan fingerprint density at radius 1 is 1.07 bits per heavy atom. The van der Waals surface area contributed by atoms with Crippen LogP contribution in [0.5, 0.6) is 0 Å². The molecule has 6 nitrogen and oxygen atoms in total. The number of imidazole rings is 1. The number of hydrogen-bond donors (Lipinski definition) is 1. The van der Waals surface area contributed by atoms with Gasteiger partial charge in [0.15, 0.2) is 0 Å². The Kier molecular flexibility index (Phi) is 4.92. The molecule has 148 valence electrons. The molecule has 1 N–H and O–H groups in total. The van der Waals surface area contributed by atoms with E-state index in [2.05, 4.69) is 10.4 Å². The Labute approximate surface area is 170 Å². The molecule has 0 saturated carbocycles. The molecule has 4 rings (SSSR count). The Balaban J connectivity index is 1.64. The van der Waals surface area contributed by atoms with Gasteiger partial charge in [-0.25, -0.2) is 4.98 Å². The van der Waals surface area contributed by atoms with Crippen LogP contribution in [-0.2, 0) is 18.3 Å². The summed E-state index contributed by atoms with van der Waals surface area (Å²) >= 11 is 0. The average molecular weight is 387 g/mol. The second kappa shape index (κ2) is 7.54.